The first-order valence-electron chi connectivity index (χ1n) is 9.59. The molecule has 0 aromatic heterocycles. The number of benzene rings is 2. The van der Waals surface area contributed by atoms with Crippen molar-refractivity contribution >= 4 is 11.9 Å². The topological polar surface area (TPSA) is 46.6 Å². The fourth-order valence-electron chi connectivity index (χ4n) is 4.72. The third kappa shape index (κ3) is 3.14. The van der Waals surface area contributed by atoms with Gasteiger partial charge in [-0.25, -0.2) is 4.79 Å². The molecular formula is C23H25NO3. The molecule has 4 rings (SSSR count). The van der Waals surface area contributed by atoms with E-state index in [2.05, 4.69) is 13.0 Å². The maximum atomic E-state index is 12.5. The van der Waals surface area contributed by atoms with Gasteiger partial charge in [-0.15, -0.1) is 0 Å². The normalized spacial score (nSPS) is 24.1. The van der Waals surface area contributed by atoms with Crippen molar-refractivity contribution in [3.63, 3.8) is 0 Å². The molecule has 0 saturated carbocycles. The van der Waals surface area contributed by atoms with Crippen molar-refractivity contribution in [3.8, 4) is 0 Å². The maximum Gasteiger partial charge on any atom is 0.338 e. The lowest BCUT2D eigenvalue weighted by Crippen LogP contribution is -2.56. The maximum absolute atomic E-state index is 12.5. The van der Waals surface area contributed by atoms with Gasteiger partial charge >= 0.3 is 5.97 Å². The molecule has 0 unspecified atom stereocenters. The van der Waals surface area contributed by atoms with Gasteiger partial charge in [0, 0.05) is 24.9 Å². The number of rotatable bonds is 3. The Bertz CT molecular complexity index is 876. The van der Waals surface area contributed by atoms with E-state index in [0.717, 1.165) is 24.8 Å². The van der Waals surface area contributed by atoms with E-state index in [1.807, 2.05) is 54.4 Å². The molecule has 0 spiro atoms. The van der Waals surface area contributed by atoms with Gasteiger partial charge in [0.05, 0.1) is 5.56 Å². The molecule has 1 aliphatic heterocycles. The first-order valence-corrected chi connectivity index (χ1v) is 9.59. The third-order valence-electron chi connectivity index (χ3n) is 6.31. The van der Waals surface area contributed by atoms with E-state index in [4.69, 9.17) is 4.74 Å². The first kappa shape index (κ1) is 17.8. The van der Waals surface area contributed by atoms with Crippen molar-refractivity contribution in [2.24, 2.45) is 0 Å². The van der Waals surface area contributed by atoms with Gasteiger partial charge in [-0.3, -0.25) is 4.79 Å². The highest BCUT2D eigenvalue weighted by Gasteiger charge is 2.46. The summed E-state index contributed by atoms with van der Waals surface area (Å²) in [6.45, 7) is 2.54. The Balaban J connectivity index is 1.54. The van der Waals surface area contributed by atoms with Crippen LogP contribution in [0.2, 0.25) is 0 Å². The summed E-state index contributed by atoms with van der Waals surface area (Å²) in [7, 11) is 1.92. The predicted molar refractivity (Wildman–Crippen MR) is 103 cm³/mol. The van der Waals surface area contributed by atoms with Gasteiger partial charge in [-0.2, -0.15) is 0 Å². The zero-order chi connectivity index (χ0) is 19.0. The Morgan fingerprint density at radius 2 is 1.96 bits per heavy atom. The summed E-state index contributed by atoms with van der Waals surface area (Å²) in [5.74, 6) is -0.0492. The molecule has 1 heterocycles. The Morgan fingerprint density at radius 1 is 1.19 bits per heavy atom. The number of hydrogen-bond donors (Lipinski definition) is 0. The molecular weight excluding hydrogens is 338 g/mol. The van der Waals surface area contributed by atoms with Crippen molar-refractivity contribution in [3.05, 3.63) is 70.8 Å². The average Bonchev–Trinajstić information content (AvgIpc) is 2.70. The second kappa shape index (κ2) is 6.84. The number of nitrogens with zero attached hydrogens (tertiary/aromatic N) is 1. The molecule has 2 aliphatic rings. The van der Waals surface area contributed by atoms with Crippen molar-refractivity contribution < 1.29 is 14.3 Å². The number of ether oxygens (including phenoxy) is 1. The van der Waals surface area contributed by atoms with Crippen molar-refractivity contribution in [2.45, 2.75) is 50.7 Å². The molecule has 4 nitrogen and oxygen atoms in total. The zero-order valence-electron chi connectivity index (χ0n) is 15.9. The van der Waals surface area contributed by atoms with Crippen LogP contribution in [0.25, 0.3) is 0 Å². The number of likely N-dealkylation sites (N-methyl/N-ethyl adjacent to an activating group) is 1. The monoisotopic (exact) mass is 363 g/mol. The SMILES string of the molecule is CN1C(=O)CC[C@]2(C)c3ccc(C(=O)OCc4ccccc4)cc3CC[C@@H]12. The van der Waals surface area contributed by atoms with Crippen LogP contribution < -0.4 is 0 Å². The number of amides is 1. The molecule has 2 atom stereocenters. The van der Waals surface area contributed by atoms with Crippen LogP contribution in [0.5, 0.6) is 0 Å². The van der Waals surface area contributed by atoms with E-state index in [-0.39, 0.29) is 29.9 Å². The van der Waals surface area contributed by atoms with E-state index < -0.39 is 0 Å². The Kier molecular flexibility index (Phi) is 4.50. The number of fused-ring (bicyclic) bond motifs is 3. The van der Waals surface area contributed by atoms with Crippen LogP contribution in [0.1, 0.15) is 53.2 Å². The van der Waals surface area contributed by atoms with Crippen LogP contribution in [0.15, 0.2) is 48.5 Å². The second-order valence-electron chi connectivity index (χ2n) is 7.91. The fraction of sp³-hybridized carbons (Fsp3) is 0.391. The van der Waals surface area contributed by atoms with Crippen LogP contribution in [0.4, 0.5) is 0 Å². The Labute approximate surface area is 160 Å². The molecule has 140 valence electrons. The number of esters is 1. The third-order valence-corrected chi connectivity index (χ3v) is 6.31. The van der Waals surface area contributed by atoms with Gasteiger partial charge in [0.1, 0.15) is 6.61 Å². The number of aryl methyl sites for hydroxylation is 1. The molecule has 2 aromatic carbocycles. The van der Waals surface area contributed by atoms with E-state index >= 15 is 0 Å². The van der Waals surface area contributed by atoms with E-state index in [9.17, 15) is 9.59 Å². The minimum absolute atomic E-state index is 0.0390. The second-order valence-corrected chi connectivity index (χ2v) is 7.91. The molecule has 0 N–H and O–H groups in total. The summed E-state index contributed by atoms with van der Waals surface area (Å²) in [5, 5.41) is 0. The Hall–Kier alpha value is -2.62. The lowest BCUT2D eigenvalue weighted by molar-refractivity contribution is -0.138. The Morgan fingerprint density at radius 3 is 2.74 bits per heavy atom. The predicted octanol–water partition coefficient (Wildman–Crippen LogP) is 3.87. The molecule has 4 heteroatoms. The number of piperidine rings is 1. The minimum Gasteiger partial charge on any atom is -0.457 e. The summed E-state index contributed by atoms with van der Waals surface area (Å²) in [5.41, 5.74) is 4.03. The lowest BCUT2D eigenvalue weighted by Gasteiger charge is -2.50. The van der Waals surface area contributed by atoms with Gasteiger partial charge < -0.3 is 9.64 Å². The molecule has 2 aromatic rings. The van der Waals surface area contributed by atoms with Gasteiger partial charge in [0.2, 0.25) is 5.91 Å². The quantitative estimate of drug-likeness (QED) is 0.778. The standard InChI is InChI=1S/C23H25NO3/c1-23-13-12-21(25)24(2)20(23)11-9-17-14-18(8-10-19(17)23)22(26)27-15-16-6-4-3-5-7-16/h3-8,10,14,20H,9,11-13,15H2,1-2H3/t20-,23-/m1/s1. The smallest absolute Gasteiger partial charge is 0.338 e. The minimum atomic E-state index is -0.287. The van der Waals surface area contributed by atoms with Crippen LogP contribution in [0.3, 0.4) is 0 Å². The molecule has 1 fully saturated rings. The highest BCUT2D eigenvalue weighted by Crippen LogP contribution is 2.45. The number of carbonyl (C=O) groups excluding carboxylic acids is 2. The van der Waals surface area contributed by atoms with E-state index in [1.54, 1.807) is 0 Å². The highest BCUT2D eigenvalue weighted by atomic mass is 16.5. The van der Waals surface area contributed by atoms with Gasteiger partial charge in [0.15, 0.2) is 0 Å². The molecule has 27 heavy (non-hydrogen) atoms. The summed E-state index contributed by atoms with van der Waals surface area (Å²) >= 11 is 0. The highest BCUT2D eigenvalue weighted by molar-refractivity contribution is 5.90. The van der Waals surface area contributed by atoms with Gasteiger partial charge in [-0.1, -0.05) is 43.3 Å². The number of carbonyl (C=O) groups is 2. The average molecular weight is 363 g/mol. The van der Waals surface area contributed by atoms with Crippen molar-refractivity contribution in [2.75, 3.05) is 7.05 Å². The summed E-state index contributed by atoms with van der Waals surface area (Å²) in [4.78, 5) is 26.5. The first-order chi connectivity index (χ1) is 13.0. The molecule has 0 radical (unpaired) electrons. The number of hydrogen-bond acceptors (Lipinski definition) is 3. The van der Waals surface area contributed by atoms with E-state index in [0.29, 0.717) is 12.0 Å². The molecule has 1 saturated heterocycles. The van der Waals surface area contributed by atoms with Crippen LogP contribution in [0, 0.1) is 0 Å². The molecule has 1 amide bonds. The summed E-state index contributed by atoms with van der Waals surface area (Å²) < 4.78 is 5.48. The number of likely N-dealkylation sites (tertiary alicyclic amines) is 1. The van der Waals surface area contributed by atoms with Crippen molar-refractivity contribution in [1.82, 2.24) is 4.90 Å². The lowest BCUT2D eigenvalue weighted by atomic mass is 9.63. The summed E-state index contributed by atoms with van der Waals surface area (Å²) in [6.07, 6.45) is 3.27. The zero-order valence-corrected chi connectivity index (χ0v) is 15.9. The molecule has 1 aliphatic carbocycles. The van der Waals surface area contributed by atoms with Crippen molar-refractivity contribution in [1.29, 1.82) is 0 Å². The van der Waals surface area contributed by atoms with Crippen LogP contribution in [-0.2, 0) is 28.0 Å². The van der Waals surface area contributed by atoms with E-state index in [1.165, 1.54) is 11.1 Å². The summed E-state index contributed by atoms with van der Waals surface area (Å²) in [6, 6.07) is 15.9. The fourth-order valence-corrected chi connectivity index (χ4v) is 4.72. The molecule has 0 bridgehead atoms. The van der Waals surface area contributed by atoms with Gasteiger partial charge in [-0.05, 0) is 48.1 Å². The largest absolute Gasteiger partial charge is 0.457 e. The van der Waals surface area contributed by atoms with Crippen LogP contribution in [-0.4, -0.2) is 29.9 Å². The van der Waals surface area contributed by atoms with Gasteiger partial charge in [0.25, 0.3) is 0 Å². The van der Waals surface area contributed by atoms with Crippen LogP contribution >= 0.6 is 0 Å².